The van der Waals surface area contributed by atoms with Crippen molar-refractivity contribution in [2.24, 2.45) is 0 Å². The van der Waals surface area contributed by atoms with Crippen LogP contribution in [0, 0.1) is 0 Å². The molecule has 1 N–H and O–H groups in total. The van der Waals surface area contributed by atoms with Gasteiger partial charge in [-0.05, 0) is 36.4 Å². The third-order valence-electron chi connectivity index (χ3n) is 5.29. The second-order valence-electron chi connectivity index (χ2n) is 6.93. The van der Waals surface area contributed by atoms with Gasteiger partial charge in [-0.1, -0.05) is 12.1 Å². The number of aromatic amines is 1. The molecule has 2 heterocycles. The molecule has 0 amide bonds. The van der Waals surface area contributed by atoms with Crippen molar-refractivity contribution < 1.29 is 9.47 Å². The van der Waals surface area contributed by atoms with E-state index in [0.717, 1.165) is 55.5 Å². The molecular weight excluding hydrogens is 352 g/mol. The van der Waals surface area contributed by atoms with Crippen LogP contribution in [0.5, 0.6) is 11.5 Å². The molecular formula is C22H26N4O2. The summed E-state index contributed by atoms with van der Waals surface area (Å²) in [4.78, 5) is 4.87. The van der Waals surface area contributed by atoms with Gasteiger partial charge in [-0.15, -0.1) is 0 Å². The maximum absolute atomic E-state index is 5.52. The molecule has 0 aliphatic carbocycles. The van der Waals surface area contributed by atoms with Crippen LogP contribution < -0.4 is 14.4 Å². The van der Waals surface area contributed by atoms with E-state index in [1.807, 2.05) is 30.5 Å². The Morgan fingerprint density at radius 1 is 0.929 bits per heavy atom. The Morgan fingerprint density at radius 3 is 2.39 bits per heavy atom. The fraction of sp³-hybridized carbons (Fsp3) is 0.318. The van der Waals surface area contributed by atoms with Gasteiger partial charge in [-0.2, -0.15) is 5.10 Å². The van der Waals surface area contributed by atoms with Crippen molar-refractivity contribution in [1.29, 1.82) is 0 Å². The molecule has 6 heteroatoms. The van der Waals surface area contributed by atoms with Gasteiger partial charge in [-0.25, -0.2) is 0 Å². The van der Waals surface area contributed by atoms with Crippen LogP contribution in [0.2, 0.25) is 0 Å². The van der Waals surface area contributed by atoms with Crippen molar-refractivity contribution in [2.45, 2.75) is 6.54 Å². The van der Waals surface area contributed by atoms with E-state index >= 15 is 0 Å². The lowest BCUT2D eigenvalue weighted by molar-refractivity contribution is 0.249. The van der Waals surface area contributed by atoms with Gasteiger partial charge in [0.2, 0.25) is 0 Å². The summed E-state index contributed by atoms with van der Waals surface area (Å²) in [5.74, 6) is 1.80. The predicted molar refractivity (Wildman–Crippen MR) is 111 cm³/mol. The highest BCUT2D eigenvalue weighted by Gasteiger charge is 2.21. The second kappa shape index (κ2) is 8.35. The Balaban J connectivity index is 1.41. The first-order chi connectivity index (χ1) is 13.8. The average Bonchev–Trinajstić information content (AvgIpc) is 3.22. The van der Waals surface area contributed by atoms with Crippen molar-refractivity contribution >= 4 is 5.69 Å². The van der Waals surface area contributed by atoms with Crippen molar-refractivity contribution in [3.8, 4) is 22.8 Å². The minimum Gasteiger partial charge on any atom is -0.497 e. The van der Waals surface area contributed by atoms with Crippen LogP contribution in [-0.4, -0.2) is 55.5 Å². The highest BCUT2D eigenvalue weighted by atomic mass is 16.5. The van der Waals surface area contributed by atoms with Crippen LogP contribution >= 0.6 is 0 Å². The van der Waals surface area contributed by atoms with Crippen LogP contribution in [0.1, 0.15) is 5.56 Å². The molecule has 1 aromatic heterocycles. The van der Waals surface area contributed by atoms with Crippen molar-refractivity contribution in [1.82, 2.24) is 15.1 Å². The Bertz CT molecular complexity index is 899. The van der Waals surface area contributed by atoms with Gasteiger partial charge < -0.3 is 14.4 Å². The smallest absolute Gasteiger partial charge is 0.142 e. The number of aromatic nitrogens is 2. The van der Waals surface area contributed by atoms with Gasteiger partial charge in [0.15, 0.2) is 0 Å². The van der Waals surface area contributed by atoms with Crippen LogP contribution in [0.4, 0.5) is 5.69 Å². The molecule has 0 radical (unpaired) electrons. The van der Waals surface area contributed by atoms with E-state index in [9.17, 15) is 0 Å². The van der Waals surface area contributed by atoms with Crippen LogP contribution in [-0.2, 0) is 6.54 Å². The maximum Gasteiger partial charge on any atom is 0.142 e. The van der Waals surface area contributed by atoms with E-state index in [0.29, 0.717) is 0 Å². The van der Waals surface area contributed by atoms with Crippen molar-refractivity contribution in [2.75, 3.05) is 45.3 Å². The first kappa shape index (κ1) is 18.4. The number of ether oxygens (including phenoxy) is 2. The van der Waals surface area contributed by atoms with Gasteiger partial charge in [0.05, 0.1) is 31.8 Å². The minimum absolute atomic E-state index is 0.859. The van der Waals surface area contributed by atoms with E-state index in [4.69, 9.17) is 9.47 Å². The molecule has 6 nitrogen and oxygen atoms in total. The molecule has 0 atom stereocenters. The quantitative estimate of drug-likeness (QED) is 0.712. The Labute approximate surface area is 165 Å². The number of rotatable bonds is 6. The summed E-state index contributed by atoms with van der Waals surface area (Å²) >= 11 is 0. The van der Waals surface area contributed by atoms with Crippen LogP contribution in [0.3, 0.4) is 0 Å². The lowest BCUT2D eigenvalue weighted by atomic mass is 10.1. The molecule has 0 bridgehead atoms. The summed E-state index contributed by atoms with van der Waals surface area (Å²) < 4.78 is 10.8. The first-order valence-corrected chi connectivity index (χ1v) is 9.55. The number of H-pyrrole nitrogens is 1. The molecule has 1 aliphatic rings. The number of hydrogen-bond acceptors (Lipinski definition) is 5. The summed E-state index contributed by atoms with van der Waals surface area (Å²) in [6.07, 6.45) is 1.94. The largest absolute Gasteiger partial charge is 0.497 e. The molecule has 1 saturated heterocycles. The number of nitrogens with zero attached hydrogens (tertiary/aromatic N) is 3. The van der Waals surface area contributed by atoms with Gasteiger partial charge in [-0.3, -0.25) is 10.00 Å². The standard InChI is InChI=1S/C22H26N4O2/c1-27-19-9-7-17(8-10-19)22-18(15-23-24-22)16-25-11-13-26(14-12-25)20-5-3-4-6-21(20)28-2/h3-10,15H,11-14,16H2,1-2H3,(H,23,24). The average molecular weight is 378 g/mol. The molecule has 146 valence electrons. The summed E-state index contributed by atoms with van der Waals surface area (Å²) in [7, 11) is 3.41. The van der Waals surface area contributed by atoms with E-state index in [2.05, 4.69) is 44.3 Å². The number of benzene rings is 2. The molecule has 1 aliphatic heterocycles. The third-order valence-corrected chi connectivity index (χ3v) is 5.29. The highest BCUT2D eigenvalue weighted by molar-refractivity contribution is 5.63. The number of hydrogen-bond donors (Lipinski definition) is 1. The molecule has 1 fully saturated rings. The summed E-state index contributed by atoms with van der Waals surface area (Å²) in [6, 6.07) is 16.3. The summed E-state index contributed by atoms with van der Waals surface area (Å²) in [5, 5.41) is 7.44. The van der Waals surface area contributed by atoms with E-state index in [1.54, 1.807) is 14.2 Å². The van der Waals surface area contributed by atoms with Gasteiger partial charge in [0.1, 0.15) is 11.5 Å². The summed E-state index contributed by atoms with van der Waals surface area (Å²) in [5.41, 5.74) is 4.60. The lowest BCUT2D eigenvalue weighted by Crippen LogP contribution is -2.46. The zero-order valence-electron chi connectivity index (χ0n) is 16.4. The fourth-order valence-electron chi connectivity index (χ4n) is 3.72. The first-order valence-electron chi connectivity index (χ1n) is 9.55. The van der Waals surface area contributed by atoms with E-state index < -0.39 is 0 Å². The van der Waals surface area contributed by atoms with Crippen LogP contribution in [0.25, 0.3) is 11.3 Å². The van der Waals surface area contributed by atoms with E-state index in [1.165, 1.54) is 11.3 Å². The minimum atomic E-state index is 0.859. The zero-order valence-corrected chi connectivity index (χ0v) is 16.4. The van der Waals surface area contributed by atoms with Crippen molar-refractivity contribution in [3.63, 3.8) is 0 Å². The molecule has 28 heavy (non-hydrogen) atoms. The molecule has 2 aromatic carbocycles. The molecule has 0 saturated carbocycles. The number of piperazine rings is 1. The normalized spacial score (nSPS) is 14.9. The van der Waals surface area contributed by atoms with Crippen LogP contribution in [0.15, 0.2) is 54.7 Å². The molecule has 3 aromatic rings. The molecule has 0 spiro atoms. The van der Waals surface area contributed by atoms with Crippen molar-refractivity contribution in [3.05, 3.63) is 60.3 Å². The fourth-order valence-corrected chi connectivity index (χ4v) is 3.72. The number of para-hydroxylation sites is 2. The summed E-state index contributed by atoms with van der Waals surface area (Å²) in [6.45, 7) is 4.86. The predicted octanol–water partition coefficient (Wildman–Crippen LogP) is 3.42. The topological polar surface area (TPSA) is 53.6 Å². The molecule has 0 unspecified atom stereocenters. The Morgan fingerprint density at radius 2 is 1.68 bits per heavy atom. The third kappa shape index (κ3) is 3.82. The SMILES string of the molecule is COc1ccc(-c2[nH]ncc2CN2CCN(c3ccccc3OC)CC2)cc1. The van der Waals surface area contributed by atoms with Gasteiger partial charge in [0, 0.05) is 43.9 Å². The second-order valence-corrected chi connectivity index (χ2v) is 6.93. The van der Waals surface area contributed by atoms with Gasteiger partial charge >= 0.3 is 0 Å². The Kier molecular flexibility index (Phi) is 5.48. The Hall–Kier alpha value is -2.99. The highest BCUT2D eigenvalue weighted by Crippen LogP contribution is 2.29. The number of methoxy groups -OCH3 is 2. The maximum atomic E-state index is 5.52. The lowest BCUT2D eigenvalue weighted by Gasteiger charge is -2.36. The van der Waals surface area contributed by atoms with Gasteiger partial charge in [0.25, 0.3) is 0 Å². The monoisotopic (exact) mass is 378 g/mol. The zero-order chi connectivity index (χ0) is 19.3. The number of anilines is 1. The molecule has 4 rings (SSSR count). The number of nitrogens with one attached hydrogen (secondary N) is 1. The van der Waals surface area contributed by atoms with E-state index in [-0.39, 0.29) is 0 Å².